The molecule has 0 aromatic rings. The zero-order valence-corrected chi connectivity index (χ0v) is 16.6. The molecule has 2 amide bonds. The van der Waals surface area contributed by atoms with Gasteiger partial charge in [-0.05, 0) is 37.0 Å². The van der Waals surface area contributed by atoms with Crippen molar-refractivity contribution in [2.45, 2.75) is 58.5 Å². The zero-order chi connectivity index (χ0) is 21.4. The van der Waals surface area contributed by atoms with E-state index in [1.807, 2.05) is 0 Å². The second-order valence-electron chi connectivity index (χ2n) is 9.26. The van der Waals surface area contributed by atoms with Gasteiger partial charge in [0.15, 0.2) is 0 Å². The van der Waals surface area contributed by atoms with Gasteiger partial charge < -0.3 is 27.0 Å². The Morgan fingerprint density at radius 2 is 1.43 bits per heavy atom. The molecule has 158 valence electrons. The van der Waals surface area contributed by atoms with Crippen molar-refractivity contribution < 1.29 is 29.4 Å². The Balaban J connectivity index is 2.13. The van der Waals surface area contributed by atoms with E-state index >= 15 is 0 Å². The van der Waals surface area contributed by atoms with Crippen molar-refractivity contribution in [2.75, 3.05) is 0 Å². The van der Waals surface area contributed by atoms with E-state index < -0.39 is 47.4 Å². The summed E-state index contributed by atoms with van der Waals surface area (Å²) in [6.45, 7) is 6.45. The molecule has 28 heavy (non-hydrogen) atoms. The molecular weight excluding hydrogens is 366 g/mol. The summed E-state index contributed by atoms with van der Waals surface area (Å²) in [5, 5.41) is 21.6. The van der Waals surface area contributed by atoms with Crippen molar-refractivity contribution in [1.82, 2.24) is 5.32 Å². The van der Waals surface area contributed by atoms with Crippen LogP contribution in [-0.2, 0) is 19.2 Å². The van der Waals surface area contributed by atoms with Gasteiger partial charge in [-0.25, -0.2) is 0 Å². The van der Waals surface area contributed by atoms with Gasteiger partial charge in [0.1, 0.15) is 0 Å². The Morgan fingerprint density at radius 3 is 1.86 bits per heavy atom. The normalized spacial score (nSPS) is 35.9. The number of carboxylic acid groups (broad SMARTS) is 2. The third-order valence-electron chi connectivity index (χ3n) is 6.36. The van der Waals surface area contributed by atoms with Gasteiger partial charge >= 0.3 is 11.9 Å². The number of rotatable bonds is 5. The number of carbonyl (C=O) groups excluding carboxylic acids is 2. The van der Waals surface area contributed by atoms with Crippen LogP contribution in [0.4, 0.5) is 0 Å². The Morgan fingerprint density at radius 1 is 0.893 bits per heavy atom. The molecule has 9 heteroatoms. The molecule has 0 heterocycles. The highest BCUT2D eigenvalue weighted by Gasteiger charge is 2.63. The van der Waals surface area contributed by atoms with Crippen molar-refractivity contribution in [3.05, 3.63) is 0 Å². The van der Waals surface area contributed by atoms with Gasteiger partial charge in [0, 0.05) is 12.1 Å². The first-order valence-corrected chi connectivity index (χ1v) is 9.65. The molecule has 0 aromatic carbocycles. The fourth-order valence-electron chi connectivity index (χ4n) is 4.72. The lowest BCUT2D eigenvalue weighted by molar-refractivity contribution is -0.180. The smallest absolute Gasteiger partial charge is 0.308 e. The molecule has 2 aliphatic rings. The summed E-state index contributed by atoms with van der Waals surface area (Å²) in [6, 6.07) is -0.367. The van der Waals surface area contributed by atoms with Gasteiger partial charge in [0.05, 0.1) is 23.7 Å². The lowest BCUT2D eigenvalue weighted by Gasteiger charge is -2.45. The predicted molar refractivity (Wildman–Crippen MR) is 99.7 cm³/mol. The number of nitrogens with two attached hydrogens (primary N) is 2. The maximum absolute atomic E-state index is 12.8. The van der Waals surface area contributed by atoms with Gasteiger partial charge in [0.2, 0.25) is 11.8 Å². The maximum atomic E-state index is 12.8. The molecule has 0 aromatic heterocycles. The first-order chi connectivity index (χ1) is 12.8. The SMILES string of the molecule is CC(C)(C)C1CCC(NC(=O)C2C(C(=O)O)C(C(N)=O)C2C(=O)O)CC(N)C1. The largest absolute Gasteiger partial charge is 0.481 e. The number of hydrogen-bond acceptors (Lipinski definition) is 5. The number of amides is 2. The van der Waals surface area contributed by atoms with Crippen molar-refractivity contribution >= 4 is 23.8 Å². The van der Waals surface area contributed by atoms with Gasteiger partial charge in [-0.15, -0.1) is 0 Å². The van der Waals surface area contributed by atoms with E-state index in [0.717, 1.165) is 12.8 Å². The fourth-order valence-corrected chi connectivity index (χ4v) is 4.72. The second-order valence-corrected chi connectivity index (χ2v) is 9.26. The molecule has 0 aliphatic heterocycles. The highest BCUT2D eigenvalue weighted by atomic mass is 16.4. The van der Waals surface area contributed by atoms with E-state index in [1.165, 1.54) is 0 Å². The van der Waals surface area contributed by atoms with Crippen molar-refractivity contribution in [1.29, 1.82) is 0 Å². The standard InChI is InChI=1S/C19H31N3O6/c1-19(2,3)8-4-5-10(7-9(20)6-8)22-16(24)12-13(17(25)26)11(15(21)23)14(12)18(27)28/h8-14H,4-7,20H2,1-3H3,(H2,21,23)(H,22,24)(H,25,26)(H,27,28). The van der Waals surface area contributed by atoms with Gasteiger partial charge in [-0.2, -0.15) is 0 Å². The molecule has 2 rings (SSSR count). The zero-order valence-electron chi connectivity index (χ0n) is 16.6. The number of carboxylic acids is 2. The molecule has 5 atom stereocenters. The topological polar surface area (TPSA) is 173 Å². The summed E-state index contributed by atoms with van der Waals surface area (Å²) in [5.41, 5.74) is 11.5. The van der Waals surface area contributed by atoms with E-state index in [4.69, 9.17) is 11.5 Å². The summed E-state index contributed by atoms with van der Waals surface area (Å²) in [4.78, 5) is 47.4. The maximum Gasteiger partial charge on any atom is 0.308 e. The van der Waals surface area contributed by atoms with Gasteiger partial charge in [-0.1, -0.05) is 20.8 Å². The molecule has 2 fully saturated rings. The minimum Gasteiger partial charge on any atom is -0.481 e. The number of hydrogen-bond donors (Lipinski definition) is 5. The van der Waals surface area contributed by atoms with Crippen LogP contribution >= 0.6 is 0 Å². The van der Waals surface area contributed by atoms with Crippen LogP contribution in [0, 0.1) is 35.0 Å². The van der Waals surface area contributed by atoms with Crippen LogP contribution in [0.15, 0.2) is 0 Å². The van der Waals surface area contributed by atoms with Crippen molar-refractivity contribution in [2.24, 2.45) is 46.5 Å². The fraction of sp³-hybridized carbons (Fsp3) is 0.789. The Kier molecular flexibility index (Phi) is 6.37. The number of aliphatic carboxylic acids is 2. The van der Waals surface area contributed by atoms with Crippen molar-refractivity contribution in [3.8, 4) is 0 Å². The minimum absolute atomic E-state index is 0.0853. The third-order valence-corrected chi connectivity index (χ3v) is 6.36. The van der Waals surface area contributed by atoms with Crippen LogP contribution in [0.1, 0.15) is 46.5 Å². The predicted octanol–water partition coefficient (Wildman–Crippen LogP) is 0.168. The van der Waals surface area contributed by atoms with Crippen LogP contribution in [0.5, 0.6) is 0 Å². The highest BCUT2D eigenvalue weighted by Crippen LogP contribution is 2.47. The molecule has 7 N–H and O–H groups in total. The number of nitrogens with one attached hydrogen (secondary N) is 1. The van der Waals surface area contributed by atoms with Gasteiger partial charge in [0.25, 0.3) is 0 Å². The summed E-state index contributed by atoms with van der Waals surface area (Å²) in [6.07, 6.45) is 2.92. The van der Waals surface area contributed by atoms with Crippen molar-refractivity contribution in [3.63, 3.8) is 0 Å². The van der Waals surface area contributed by atoms with Crippen LogP contribution in [0.3, 0.4) is 0 Å². The minimum atomic E-state index is -1.43. The summed E-state index contributed by atoms with van der Waals surface area (Å²) in [7, 11) is 0. The Labute approximate surface area is 164 Å². The molecule has 2 aliphatic carbocycles. The Bertz CT molecular complexity index is 637. The third kappa shape index (κ3) is 4.45. The van der Waals surface area contributed by atoms with Crippen LogP contribution in [-0.4, -0.2) is 46.0 Å². The first-order valence-electron chi connectivity index (χ1n) is 9.65. The van der Waals surface area contributed by atoms with E-state index in [2.05, 4.69) is 26.1 Å². The average molecular weight is 397 g/mol. The molecule has 0 bridgehead atoms. The average Bonchev–Trinajstić information content (AvgIpc) is 2.65. The lowest BCUT2D eigenvalue weighted by Crippen LogP contribution is -2.63. The molecule has 0 saturated heterocycles. The van der Waals surface area contributed by atoms with Crippen LogP contribution in [0.2, 0.25) is 0 Å². The molecule has 2 saturated carbocycles. The molecule has 9 nitrogen and oxygen atoms in total. The van der Waals surface area contributed by atoms with E-state index in [1.54, 1.807) is 0 Å². The summed E-state index contributed by atoms with van der Waals surface area (Å²) in [5.74, 6) is -9.67. The number of primary amides is 1. The number of carbonyl (C=O) groups is 4. The summed E-state index contributed by atoms with van der Waals surface area (Å²) >= 11 is 0. The quantitative estimate of drug-likeness (QED) is 0.411. The lowest BCUT2D eigenvalue weighted by atomic mass is 9.55. The summed E-state index contributed by atoms with van der Waals surface area (Å²) < 4.78 is 0. The van der Waals surface area contributed by atoms with E-state index in [0.29, 0.717) is 18.8 Å². The van der Waals surface area contributed by atoms with Crippen LogP contribution < -0.4 is 16.8 Å². The first kappa shape index (κ1) is 22.1. The molecular formula is C19H31N3O6. The molecule has 0 spiro atoms. The molecule has 5 unspecified atom stereocenters. The monoisotopic (exact) mass is 397 g/mol. The second kappa shape index (κ2) is 8.06. The van der Waals surface area contributed by atoms with E-state index in [-0.39, 0.29) is 17.5 Å². The van der Waals surface area contributed by atoms with E-state index in [9.17, 15) is 29.4 Å². The van der Waals surface area contributed by atoms with Crippen LogP contribution in [0.25, 0.3) is 0 Å². The van der Waals surface area contributed by atoms with Gasteiger partial charge in [-0.3, -0.25) is 19.2 Å². The molecule has 0 radical (unpaired) electrons. The highest BCUT2D eigenvalue weighted by molar-refractivity contribution is 5.99. The Hall–Kier alpha value is -2.16.